The zero-order valence-corrected chi connectivity index (χ0v) is 8.79. The van der Waals surface area contributed by atoms with Crippen molar-refractivity contribution in [3.63, 3.8) is 0 Å². The van der Waals surface area contributed by atoms with Crippen molar-refractivity contribution in [2.75, 3.05) is 19.0 Å². The number of rotatable bonds is 2. The van der Waals surface area contributed by atoms with Gasteiger partial charge in [-0.3, -0.25) is 0 Å². The summed E-state index contributed by atoms with van der Waals surface area (Å²) in [6.07, 6.45) is 0.907. The Morgan fingerprint density at radius 3 is 2.79 bits per heavy atom. The summed E-state index contributed by atoms with van der Waals surface area (Å²) >= 11 is 0. The Morgan fingerprint density at radius 1 is 1.36 bits per heavy atom. The van der Waals surface area contributed by atoms with Crippen molar-refractivity contribution in [1.29, 1.82) is 0 Å². The molecule has 1 aliphatic rings. The topological polar surface area (TPSA) is 47.0 Å². The van der Waals surface area contributed by atoms with E-state index in [2.05, 4.69) is 29.1 Å². The number of hydrogen-bond acceptors (Lipinski definition) is 4. The number of anilines is 1. The summed E-state index contributed by atoms with van der Waals surface area (Å²) in [4.78, 5) is 8.85. The minimum Gasteiger partial charge on any atom is -0.477 e. The van der Waals surface area contributed by atoms with Gasteiger partial charge in [-0.2, -0.15) is 4.98 Å². The van der Waals surface area contributed by atoms with Crippen LogP contribution in [0.15, 0.2) is 0 Å². The molecule has 0 fully saturated rings. The zero-order valence-electron chi connectivity index (χ0n) is 8.79. The molecule has 4 heteroatoms. The second kappa shape index (κ2) is 3.44. The highest BCUT2D eigenvalue weighted by atomic mass is 16.5. The fourth-order valence-electron chi connectivity index (χ4n) is 1.54. The Morgan fingerprint density at radius 2 is 2.14 bits per heavy atom. The van der Waals surface area contributed by atoms with Gasteiger partial charge in [0.25, 0.3) is 0 Å². The molecular formula is C10H15N3O. The van der Waals surface area contributed by atoms with E-state index in [0.29, 0.717) is 5.92 Å². The highest BCUT2D eigenvalue weighted by Crippen LogP contribution is 2.29. The smallest absolute Gasteiger partial charge is 0.222 e. The third kappa shape index (κ3) is 1.41. The molecular weight excluding hydrogens is 178 g/mol. The van der Waals surface area contributed by atoms with Gasteiger partial charge in [-0.25, -0.2) is 4.98 Å². The largest absolute Gasteiger partial charge is 0.477 e. The Labute approximate surface area is 83.7 Å². The van der Waals surface area contributed by atoms with Crippen LogP contribution in [0.2, 0.25) is 0 Å². The normalized spacial score (nSPS) is 14.0. The maximum atomic E-state index is 5.44. The molecule has 1 aliphatic heterocycles. The van der Waals surface area contributed by atoms with E-state index < -0.39 is 0 Å². The van der Waals surface area contributed by atoms with Crippen LogP contribution >= 0.6 is 0 Å². The molecule has 0 bridgehead atoms. The van der Waals surface area contributed by atoms with Crippen molar-refractivity contribution >= 4 is 5.82 Å². The van der Waals surface area contributed by atoms with Gasteiger partial charge in [0.2, 0.25) is 5.88 Å². The lowest BCUT2D eigenvalue weighted by molar-refractivity contribution is 0.343. The molecule has 1 N–H and O–H groups in total. The van der Waals surface area contributed by atoms with Crippen LogP contribution < -0.4 is 10.1 Å². The van der Waals surface area contributed by atoms with E-state index in [1.54, 1.807) is 0 Å². The number of nitrogens with one attached hydrogen (secondary N) is 1. The molecule has 1 aromatic heterocycles. The van der Waals surface area contributed by atoms with Gasteiger partial charge in [0.15, 0.2) is 0 Å². The fourth-order valence-corrected chi connectivity index (χ4v) is 1.54. The number of aromatic nitrogens is 2. The van der Waals surface area contributed by atoms with Crippen molar-refractivity contribution < 1.29 is 4.74 Å². The minimum atomic E-state index is 0.330. The van der Waals surface area contributed by atoms with E-state index in [1.165, 1.54) is 0 Å². The fraction of sp³-hybridized carbons (Fsp3) is 0.600. The molecule has 0 aliphatic carbocycles. The second-order valence-corrected chi connectivity index (χ2v) is 3.72. The van der Waals surface area contributed by atoms with Crippen molar-refractivity contribution in [3.8, 4) is 5.88 Å². The number of hydrogen-bond donors (Lipinski definition) is 1. The Bertz CT molecular complexity index is 349. The van der Waals surface area contributed by atoms with Crippen molar-refractivity contribution in [2.45, 2.75) is 26.2 Å². The Kier molecular flexibility index (Phi) is 2.27. The first kappa shape index (κ1) is 9.24. The van der Waals surface area contributed by atoms with Gasteiger partial charge in [0.05, 0.1) is 12.2 Å². The highest BCUT2D eigenvalue weighted by Gasteiger charge is 2.20. The van der Waals surface area contributed by atoms with Gasteiger partial charge in [-0.15, -0.1) is 0 Å². The molecule has 4 nitrogen and oxygen atoms in total. The maximum Gasteiger partial charge on any atom is 0.222 e. The number of ether oxygens (including phenoxy) is 1. The summed E-state index contributed by atoms with van der Waals surface area (Å²) in [6.45, 7) is 4.88. The first-order valence-electron chi connectivity index (χ1n) is 4.93. The van der Waals surface area contributed by atoms with Crippen LogP contribution in [0.1, 0.15) is 31.2 Å². The molecule has 2 heterocycles. The molecule has 1 aromatic rings. The molecule has 0 unspecified atom stereocenters. The van der Waals surface area contributed by atoms with Crippen LogP contribution in [0, 0.1) is 0 Å². The number of nitrogens with zero attached hydrogens (tertiary/aromatic N) is 2. The third-order valence-electron chi connectivity index (χ3n) is 2.33. The molecule has 0 aromatic carbocycles. The van der Waals surface area contributed by atoms with Crippen molar-refractivity contribution in [1.82, 2.24) is 9.97 Å². The third-order valence-corrected chi connectivity index (χ3v) is 2.33. The van der Waals surface area contributed by atoms with Crippen LogP contribution in [0.5, 0.6) is 5.88 Å². The minimum absolute atomic E-state index is 0.330. The Hall–Kier alpha value is -1.32. The molecule has 0 saturated carbocycles. The molecule has 0 radical (unpaired) electrons. The molecule has 0 atom stereocenters. The lowest BCUT2D eigenvalue weighted by Crippen LogP contribution is -2.04. The first-order chi connectivity index (χ1) is 6.72. The monoisotopic (exact) mass is 193 g/mol. The summed E-state index contributed by atoms with van der Waals surface area (Å²) in [5.74, 6) is 2.84. The Balaban J connectivity index is 2.49. The summed E-state index contributed by atoms with van der Waals surface area (Å²) in [5.41, 5.74) is 1.11. The van der Waals surface area contributed by atoms with E-state index >= 15 is 0 Å². The van der Waals surface area contributed by atoms with Crippen LogP contribution in [-0.2, 0) is 6.42 Å². The van der Waals surface area contributed by atoms with E-state index in [1.807, 2.05) is 7.05 Å². The summed E-state index contributed by atoms with van der Waals surface area (Å²) in [6, 6.07) is 0. The highest BCUT2D eigenvalue weighted by molar-refractivity contribution is 5.51. The van der Waals surface area contributed by atoms with Gasteiger partial charge in [-0.05, 0) is 0 Å². The SMILES string of the molecule is CNc1nc(C(C)C)nc2c1CCO2. The first-order valence-corrected chi connectivity index (χ1v) is 4.93. The number of fused-ring (bicyclic) bond motifs is 1. The summed E-state index contributed by atoms with van der Waals surface area (Å²) < 4.78 is 5.44. The standard InChI is InChI=1S/C10H15N3O/c1-6(2)8-12-9(11-3)7-4-5-14-10(7)13-8/h6H,4-5H2,1-3H3,(H,11,12,13). The van der Waals surface area contributed by atoms with Crippen LogP contribution in [0.25, 0.3) is 0 Å². The molecule has 0 spiro atoms. The van der Waals surface area contributed by atoms with Crippen LogP contribution in [0.3, 0.4) is 0 Å². The molecule has 2 rings (SSSR count). The second-order valence-electron chi connectivity index (χ2n) is 3.72. The predicted octanol–water partition coefficient (Wildman–Crippen LogP) is 1.58. The lowest BCUT2D eigenvalue weighted by atomic mass is 10.2. The lowest BCUT2D eigenvalue weighted by Gasteiger charge is -2.09. The maximum absolute atomic E-state index is 5.44. The average molecular weight is 193 g/mol. The van der Waals surface area contributed by atoms with E-state index in [4.69, 9.17) is 4.74 Å². The van der Waals surface area contributed by atoms with E-state index in [-0.39, 0.29) is 0 Å². The quantitative estimate of drug-likeness (QED) is 0.774. The van der Waals surface area contributed by atoms with Crippen molar-refractivity contribution in [2.24, 2.45) is 0 Å². The van der Waals surface area contributed by atoms with Gasteiger partial charge in [0.1, 0.15) is 11.6 Å². The predicted molar refractivity (Wildman–Crippen MR) is 54.9 cm³/mol. The zero-order chi connectivity index (χ0) is 10.1. The summed E-state index contributed by atoms with van der Waals surface area (Å²) in [7, 11) is 1.88. The molecule has 14 heavy (non-hydrogen) atoms. The van der Waals surface area contributed by atoms with Crippen molar-refractivity contribution in [3.05, 3.63) is 11.4 Å². The van der Waals surface area contributed by atoms with Gasteiger partial charge in [-0.1, -0.05) is 13.8 Å². The van der Waals surface area contributed by atoms with Crippen LogP contribution in [-0.4, -0.2) is 23.6 Å². The van der Waals surface area contributed by atoms with Gasteiger partial charge in [0, 0.05) is 19.4 Å². The average Bonchev–Trinajstić information content (AvgIpc) is 2.63. The molecule has 76 valence electrons. The van der Waals surface area contributed by atoms with Gasteiger partial charge < -0.3 is 10.1 Å². The van der Waals surface area contributed by atoms with Gasteiger partial charge >= 0.3 is 0 Å². The molecule has 0 amide bonds. The van der Waals surface area contributed by atoms with E-state index in [9.17, 15) is 0 Å². The molecule has 0 saturated heterocycles. The van der Waals surface area contributed by atoms with Crippen LogP contribution in [0.4, 0.5) is 5.82 Å². The van der Waals surface area contributed by atoms with E-state index in [0.717, 1.165) is 36.1 Å². The summed E-state index contributed by atoms with van der Waals surface area (Å²) in [5, 5.41) is 3.09.